The van der Waals surface area contributed by atoms with Crippen molar-refractivity contribution in [3.05, 3.63) is 24.3 Å². The van der Waals surface area contributed by atoms with E-state index in [9.17, 15) is 0 Å². The second-order valence-electron chi connectivity index (χ2n) is 6.72. The summed E-state index contributed by atoms with van der Waals surface area (Å²) < 4.78 is 5.44. The first-order valence-electron chi connectivity index (χ1n) is 7.40. The zero-order valence-electron chi connectivity index (χ0n) is 13.9. The molecule has 0 saturated heterocycles. The fourth-order valence-electron chi connectivity index (χ4n) is 2.43. The van der Waals surface area contributed by atoms with E-state index in [1.54, 1.807) is 7.11 Å². The van der Waals surface area contributed by atoms with Gasteiger partial charge in [-0.25, -0.2) is 0 Å². The standard InChI is InChI=1S/C17H30N2O/c1-14(2)11-18-12-17(3,4)13-19(5)15-9-7-8-10-16(15)20-6/h7-10,14,18H,11-13H2,1-6H3. The SMILES string of the molecule is COc1ccccc1N(C)CC(C)(C)CNCC(C)C. The third-order valence-electron chi connectivity index (χ3n) is 3.32. The maximum atomic E-state index is 5.44. The van der Waals surface area contributed by atoms with Gasteiger partial charge in [0.25, 0.3) is 0 Å². The Morgan fingerprint density at radius 2 is 1.90 bits per heavy atom. The number of nitrogens with zero attached hydrogens (tertiary/aromatic N) is 1. The highest BCUT2D eigenvalue weighted by Gasteiger charge is 2.21. The van der Waals surface area contributed by atoms with Crippen LogP contribution < -0.4 is 15.0 Å². The van der Waals surface area contributed by atoms with E-state index < -0.39 is 0 Å². The molecule has 0 heterocycles. The molecule has 0 spiro atoms. The van der Waals surface area contributed by atoms with E-state index >= 15 is 0 Å². The van der Waals surface area contributed by atoms with Gasteiger partial charge in [0, 0.05) is 20.1 Å². The van der Waals surface area contributed by atoms with Crippen LogP contribution in [-0.4, -0.2) is 33.8 Å². The number of benzene rings is 1. The van der Waals surface area contributed by atoms with Crippen LogP contribution in [0.15, 0.2) is 24.3 Å². The number of rotatable bonds is 8. The molecule has 1 rings (SSSR count). The van der Waals surface area contributed by atoms with Crippen LogP contribution in [0, 0.1) is 11.3 Å². The molecule has 1 aromatic carbocycles. The molecule has 0 aliphatic carbocycles. The van der Waals surface area contributed by atoms with Gasteiger partial charge in [0.15, 0.2) is 0 Å². The van der Waals surface area contributed by atoms with Gasteiger partial charge in [-0.1, -0.05) is 39.8 Å². The second kappa shape index (κ2) is 7.53. The van der Waals surface area contributed by atoms with Gasteiger partial charge in [0.2, 0.25) is 0 Å². The summed E-state index contributed by atoms with van der Waals surface area (Å²) in [5.41, 5.74) is 1.36. The molecular weight excluding hydrogens is 248 g/mol. The number of nitrogens with one attached hydrogen (secondary N) is 1. The molecule has 3 heteroatoms. The zero-order valence-corrected chi connectivity index (χ0v) is 13.9. The third kappa shape index (κ3) is 5.41. The number of ether oxygens (including phenoxy) is 1. The van der Waals surface area contributed by atoms with Gasteiger partial charge >= 0.3 is 0 Å². The highest BCUT2D eigenvalue weighted by molar-refractivity contribution is 5.57. The summed E-state index contributed by atoms with van der Waals surface area (Å²) in [6.45, 7) is 12.1. The summed E-state index contributed by atoms with van der Waals surface area (Å²) in [6, 6.07) is 8.18. The molecule has 0 aliphatic heterocycles. The van der Waals surface area contributed by atoms with Gasteiger partial charge < -0.3 is 15.0 Å². The van der Waals surface area contributed by atoms with Crippen LogP contribution in [0.25, 0.3) is 0 Å². The maximum absolute atomic E-state index is 5.44. The minimum Gasteiger partial charge on any atom is -0.495 e. The molecular formula is C17H30N2O. The molecule has 0 aromatic heterocycles. The van der Waals surface area contributed by atoms with Crippen molar-refractivity contribution in [2.24, 2.45) is 11.3 Å². The summed E-state index contributed by atoms with van der Waals surface area (Å²) in [4.78, 5) is 2.27. The third-order valence-corrected chi connectivity index (χ3v) is 3.32. The van der Waals surface area contributed by atoms with Gasteiger partial charge in [-0.15, -0.1) is 0 Å². The van der Waals surface area contributed by atoms with Crippen molar-refractivity contribution in [3.63, 3.8) is 0 Å². The topological polar surface area (TPSA) is 24.5 Å². The van der Waals surface area contributed by atoms with Crippen molar-refractivity contribution in [2.75, 3.05) is 38.7 Å². The van der Waals surface area contributed by atoms with E-state index in [4.69, 9.17) is 4.74 Å². The lowest BCUT2D eigenvalue weighted by Gasteiger charge is -2.32. The quantitative estimate of drug-likeness (QED) is 0.788. The van der Waals surface area contributed by atoms with E-state index in [2.05, 4.69) is 57.1 Å². The molecule has 0 aliphatic rings. The lowest BCUT2D eigenvalue weighted by Crippen LogP contribution is -2.40. The van der Waals surface area contributed by atoms with E-state index in [1.165, 1.54) is 0 Å². The summed E-state index contributed by atoms with van der Waals surface area (Å²) >= 11 is 0. The molecule has 0 fully saturated rings. The van der Waals surface area contributed by atoms with Crippen LogP contribution in [0.1, 0.15) is 27.7 Å². The van der Waals surface area contributed by atoms with Crippen molar-refractivity contribution in [1.29, 1.82) is 0 Å². The molecule has 20 heavy (non-hydrogen) atoms. The van der Waals surface area contributed by atoms with Crippen molar-refractivity contribution in [2.45, 2.75) is 27.7 Å². The Bertz CT molecular complexity index is 402. The summed E-state index contributed by atoms with van der Waals surface area (Å²) in [5, 5.41) is 3.55. The number of hydrogen-bond donors (Lipinski definition) is 1. The Balaban J connectivity index is 2.61. The minimum absolute atomic E-state index is 0.213. The van der Waals surface area contributed by atoms with Crippen LogP contribution in [0.2, 0.25) is 0 Å². The van der Waals surface area contributed by atoms with Crippen molar-refractivity contribution in [3.8, 4) is 5.75 Å². The normalized spacial score (nSPS) is 11.8. The average Bonchev–Trinajstić information content (AvgIpc) is 2.37. The van der Waals surface area contributed by atoms with E-state index in [1.807, 2.05) is 12.1 Å². The maximum Gasteiger partial charge on any atom is 0.142 e. The highest BCUT2D eigenvalue weighted by Crippen LogP contribution is 2.29. The van der Waals surface area contributed by atoms with E-state index in [0.717, 1.165) is 31.1 Å². The molecule has 1 aromatic rings. The van der Waals surface area contributed by atoms with Crippen LogP contribution in [-0.2, 0) is 0 Å². The fourth-order valence-corrected chi connectivity index (χ4v) is 2.43. The highest BCUT2D eigenvalue weighted by atomic mass is 16.5. The van der Waals surface area contributed by atoms with Crippen LogP contribution >= 0.6 is 0 Å². The number of anilines is 1. The monoisotopic (exact) mass is 278 g/mol. The van der Waals surface area contributed by atoms with E-state index in [0.29, 0.717) is 5.92 Å². The smallest absolute Gasteiger partial charge is 0.142 e. The predicted octanol–water partition coefficient (Wildman–Crippen LogP) is 3.40. The Kier molecular flexibility index (Phi) is 6.34. The van der Waals surface area contributed by atoms with Crippen LogP contribution in [0.5, 0.6) is 5.75 Å². The van der Waals surface area contributed by atoms with Crippen LogP contribution in [0.3, 0.4) is 0 Å². The molecule has 1 N–H and O–H groups in total. The molecule has 0 atom stereocenters. The first kappa shape index (κ1) is 16.8. The lowest BCUT2D eigenvalue weighted by molar-refractivity contribution is 0.336. The van der Waals surface area contributed by atoms with Crippen molar-refractivity contribution >= 4 is 5.69 Å². The molecule has 0 amide bonds. The Morgan fingerprint density at radius 3 is 2.50 bits per heavy atom. The Morgan fingerprint density at radius 1 is 1.25 bits per heavy atom. The molecule has 0 saturated carbocycles. The Hall–Kier alpha value is -1.22. The molecule has 3 nitrogen and oxygen atoms in total. The molecule has 114 valence electrons. The van der Waals surface area contributed by atoms with Crippen molar-refractivity contribution < 1.29 is 4.74 Å². The van der Waals surface area contributed by atoms with Gasteiger partial charge in [-0.05, 0) is 30.0 Å². The van der Waals surface area contributed by atoms with Crippen molar-refractivity contribution in [1.82, 2.24) is 5.32 Å². The first-order valence-corrected chi connectivity index (χ1v) is 7.40. The van der Waals surface area contributed by atoms with Crippen LogP contribution in [0.4, 0.5) is 5.69 Å². The largest absolute Gasteiger partial charge is 0.495 e. The summed E-state index contributed by atoms with van der Waals surface area (Å²) in [5.74, 6) is 1.62. The van der Waals surface area contributed by atoms with Gasteiger partial charge in [-0.3, -0.25) is 0 Å². The van der Waals surface area contributed by atoms with Gasteiger partial charge in [0.05, 0.1) is 12.8 Å². The molecule has 0 bridgehead atoms. The van der Waals surface area contributed by atoms with Gasteiger partial charge in [-0.2, -0.15) is 0 Å². The predicted molar refractivity (Wildman–Crippen MR) is 87.8 cm³/mol. The fraction of sp³-hybridized carbons (Fsp3) is 0.647. The number of para-hydroxylation sites is 2. The first-order chi connectivity index (χ1) is 9.35. The Labute approximate surface area is 124 Å². The summed E-state index contributed by atoms with van der Waals surface area (Å²) in [7, 11) is 3.85. The second-order valence-corrected chi connectivity index (χ2v) is 6.72. The van der Waals surface area contributed by atoms with E-state index in [-0.39, 0.29) is 5.41 Å². The molecule has 0 radical (unpaired) electrons. The number of hydrogen-bond acceptors (Lipinski definition) is 3. The average molecular weight is 278 g/mol. The zero-order chi connectivity index (χ0) is 15.2. The minimum atomic E-state index is 0.213. The van der Waals surface area contributed by atoms with Gasteiger partial charge in [0.1, 0.15) is 5.75 Å². The number of methoxy groups -OCH3 is 1. The lowest BCUT2D eigenvalue weighted by atomic mass is 9.92. The summed E-state index contributed by atoms with van der Waals surface area (Å²) in [6.07, 6.45) is 0. The molecule has 0 unspecified atom stereocenters.